The third-order valence-electron chi connectivity index (χ3n) is 3.67. The molecule has 1 aromatic heterocycles. The first-order valence-corrected chi connectivity index (χ1v) is 6.87. The van der Waals surface area contributed by atoms with E-state index in [1.807, 2.05) is 0 Å². The number of alkyl halides is 3. The van der Waals surface area contributed by atoms with Crippen molar-refractivity contribution < 1.29 is 27.5 Å². The standard InChI is InChI=1S/C13H15BF3N3O3/c1-23-11(21)9-7-19(12(14)22)4-5-20(9)10-3-2-8(6-18-10)13(15,16)17/h2-3,6,9H,4-5,7,14H2,1H3/t9-/m1/s1. The normalized spacial score (nSPS) is 18.7. The van der Waals surface area contributed by atoms with Crippen molar-refractivity contribution in [3.05, 3.63) is 23.9 Å². The molecule has 1 atom stereocenters. The van der Waals surface area contributed by atoms with Crippen LogP contribution in [0.2, 0.25) is 0 Å². The van der Waals surface area contributed by atoms with Crippen LogP contribution in [0.5, 0.6) is 0 Å². The van der Waals surface area contributed by atoms with Gasteiger partial charge in [-0.2, -0.15) is 13.2 Å². The van der Waals surface area contributed by atoms with E-state index >= 15 is 0 Å². The molecule has 1 amide bonds. The summed E-state index contributed by atoms with van der Waals surface area (Å²) in [6.45, 7) is 0.730. The lowest BCUT2D eigenvalue weighted by Crippen LogP contribution is -2.58. The van der Waals surface area contributed by atoms with Crippen molar-refractivity contribution in [1.82, 2.24) is 9.88 Å². The van der Waals surface area contributed by atoms with Crippen molar-refractivity contribution in [2.45, 2.75) is 12.2 Å². The summed E-state index contributed by atoms with van der Waals surface area (Å²) < 4.78 is 42.5. The van der Waals surface area contributed by atoms with Gasteiger partial charge in [-0.3, -0.25) is 4.79 Å². The zero-order valence-electron chi connectivity index (χ0n) is 12.6. The predicted molar refractivity (Wildman–Crippen MR) is 77.9 cm³/mol. The molecule has 2 rings (SSSR count). The summed E-state index contributed by atoms with van der Waals surface area (Å²) in [5, 5.41) is 0. The van der Waals surface area contributed by atoms with Gasteiger partial charge in [0, 0.05) is 19.3 Å². The number of rotatable bonds is 2. The van der Waals surface area contributed by atoms with Gasteiger partial charge in [0.15, 0.2) is 5.81 Å². The Hall–Kier alpha value is -2.26. The maximum atomic E-state index is 12.6. The summed E-state index contributed by atoms with van der Waals surface area (Å²) in [6.07, 6.45) is -3.75. The van der Waals surface area contributed by atoms with E-state index in [-0.39, 0.29) is 24.7 Å². The summed E-state index contributed by atoms with van der Waals surface area (Å²) >= 11 is 0. The van der Waals surface area contributed by atoms with E-state index < -0.39 is 23.8 Å². The minimum Gasteiger partial charge on any atom is -0.467 e. The molecule has 0 saturated carbocycles. The smallest absolute Gasteiger partial charge is 0.417 e. The average molecular weight is 329 g/mol. The van der Waals surface area contributed by atoms with Gasteiger partial charge in [-0.25, -0.2) is 9.78 Å². The van der Waals surface area contributed by atoms with Crippen LogP contribution in [-0.4, -0.2) is 62.3 Å². The van der Waals surface area contributed by atoms with E-state index in [0.717, 1.165) is 12.3 Å². The Morgan fingerprint density at radius 2 is 2.04 bits per heavy atom. The second-order valence-electron chi connectivity index (χ2n) is 5.10. The molecule has 1 fully saturated rings. The summed E-state index contributed by atoms with van der Waals surface area (Å²) in [6, 6.07) is 1.32. The maximum absolute atomic E-state index is 12.6. The van der Waals surface area contributed by atoms with E-state index in [1.165, 1.54) is 25.9 Å². The van der Waals surface area contributed by atoms with E-state index in [4.69, 9.17) is 4.74 Å². The zero-order chi connectivity index (χ0) is 17.2. The molecule has 0 bridgehead atoms. The van der Waals surface area contributed by atoms with Gasteiger partial charge in [-0.05, 0) is 12.1 Å². The largest absolute Gasteiger partial charge is 0.467 e. The van der Waals surface area contributed by atoms with Crippen molar-refractivity contribution in [2.75, 3.05) is 31.6 Å². The first-order chi connectivity index (χ1) is 10.7. The molecule has 1 aromatic rings. The lowest BCUT2D eigenvalue weighted by atomic mass is 10.1. The van der Waals surface area contributed by atoms with Crippen LogP contribution in [-0.2, 0) is 15.7 Å². The third kappa shape index (κ3) is 3.75. The number of halogens is 3. The first kappa shape index (κ1) is 17.1. The van der Waals surface area contributed by atoms with Gasteiger partial charge in [-0.15, -0.1) is 0 Å². The van der Waals surface area contributed by atoms with Gasteiger partial charge in [0.25, 0.3) is 0 Å². The van der Waals surface area contributed by atoms with E-state index in [9.17, 15) is 22.8 Å². The number of amides is 1. The lowest BCUT2D eigenvalue weighted by Gasteiger charge is -2.40. The number of hydrogen-bond donors (Lipinski definition) is 0. The lowest BCUT2D eigenvalue weighted by molar-refractivity contribution is -0.143. The number of carbonyl (C=O) groups excluding carboxylic acids is 2. The molecule has 6 nitrogen and oxygen atoms in total. The summed E-state index contributed by atoms with van der Waals surface area (Å²) in [4.78, 5) is 30.2. The number of methoxy groups -OCH3 is 1. The van der Waals surface area contributed by atoms with Crippen LogP contribution >= 0.6 is 0 Å². The summed E-state index contributed by atoms with van der Waals surface area (Å²) in [5.74, 6) is -0.520. The van der Waals surface area contributed by atoms with Crippen LogP contribution in [0.4, 0.5) is 23.8 Å². The number of ether oxygens (including phenoxy) is 1. The molecule has 23 heavy (non-hydrogen) atoms. The quantitative estimate of drug-likeness (QED) is 0.585. The number of esters is 1. The number of anilines is 1. The van der Waals surface area contributed by atoms with Crippen LogP contribution in [0, 0.1) is 0 Å². The van der Waals surface area contributed by atoms with E-state index in [1.54, 1.807) is 4.90 Å². The van der Waals surface area contributed by atoms with Gasteiger partial charge < -0.3 is 14.5 Å². The Morgan fingerprint density at radius 1 is 1.35 bits per heavy atom. The van der Waals surface area contributed by atoms with Gasteiger partial charge in [0.05, 0.1) is 19.2 Å². The van der Waals surface area contributed by atoms with Crippen LogP contribution in [0.1, 0.15) is 5.56 Å². The average Bonchev–Trinajstić information content (AvgIpc) is 2.52. The number of pyridine rings is 1. The summed E-state index contributed by atoms with van der Waals surface area (Å²) in [5.41, 5.74) is -0.863. The van der Waals surface area contributed by atoms with Crippen LogP contribution in [0.3, 0.4) is 0 Å². The molecule has 0 radical (unpaired) electrons. The molecule has 1 saturated heterocycles. The monoisotopic (exact) mass is 329 g/mol. The number of piperazine rings is 1. The highest BCUT2D eigenvalue weighted by Gasteiger charge is 2.36. The molecule has 10 heteroatoms. The first-order valence-electron chi connectivity index (χ1n) is 6.87. The highest BCUT2D eigenvalue weighted by Crippen LogP contribution is 2.30. The number of aromatic nitrogens is 1. The van der Waals surface area contributed by atoms with Gasteiger partial charge in [0.2, 0.25) is 7.85 Å². The fraction of sp³-hybridized carbons (Fsp3) is 0.462. The van der Waals surface area contributed by atoms with Crippen molar-refractivity contribution in [1.29, 1.82) is 0 Å². The minimum atomic E-state index is -4.47. The van der Waals surface area contributed by atoms with Crippen molar-refractivity contribution >= 4 is 25.4 Å². The van der Waals surface area contributed by atoms with E-state index in [0.29, 0.717) is 6.54 Å². The molecule has 1 aliphatic rings. The molecule has 124 valence electrons. The van der Waals surface area contributed by atoms with Gasteiger partial charge in [-0.1, -0.05) is 0 Å². The molecular formula is C13H15BF3N3O3. The van der Waals surface area contributed by atoms with Crippen LogP contribution in [0.25, 0.3) is 0 Å². The fourth-order valence-electron chi connectivity index (χ4n) is 2.40. The Balaban J connectivity index is 2.25. The number of carbonyl (C=O) groups is 2. The number of hydrogen-bond acceptors (Lipinski definition) is 5. The molecule has 0 aromatic carbocycles. The second-order valence-corrected chi connectivity index (χ2v) is 5.10. The van der Waals surface area contributed by atoms with Gasteiger partial charge >= 0.3 is 12.1 Å². The fourth-order valence-corrected chi connectivity index (χ4v) is 2.40. The Bertz CT molecular complexity index is 594. The highest BCUT2D eigenvalue weighted by atomic mass is 19.4. The highest BCUT2D eigenvalue weighted by molar-refractivity contribution is 6.56. The zero-order valence-corrected chi connectivity index (χ0v) is 12.6. The predicted octanol–water partition coefficient (Wildman–Crippen LogP) is 0.517. The SMILES string of the molecule is BC(=O)N1CCN(c2ccc(C(F)(F)F)cn2)[C@@H](C(=O)OC)C1. The second kappa shape index (κ2) is 6.47. The third-order valence-corrected chi connectivity index (χ3v) is 3.67. The maximum Gasteiger partial charge on any atom is 0.417 e. The molecule has 0 aliphatic carbocycles. The Kier molecular flexibility index (Phi) is 4.81. The molecule has 1 aliphatic heterocycles. The van der Waals surface area contributed by atoms with Crippen LogP contribution in [0.15, 0.2) is 18.3 Å². The van der Waals surface area contributed by atoms with E-state index in [2.05, 4.69) is 4.98 Å². The summed E-state index contributed by atoms with van der Waals surface area (Å²) in [7, 11) is 2.60. The molecule has 0 N–H and O–H groups in total. The Labute approximate surface area is 131 Å². The topological polar surface area (TPSA) is 62.7 Å². The molecule has 0 unspecified atom stereocenters. The number of nitrogens with zero attached hydrogens (tertiary/aromatic N) is 3. The van der Waals surface area contributed by atoms with Crippen LogP contribution < -0.4 is 4.90 Å². The Morgan fingerprint density at radius 3 is 2.52 bits per heavy atom. The molecular weight excluding hydrogens is 314 g/mol. The molecule has 0 spiro atoms. The minimum absolute atomic E-state index is 0.102. The van der Waals surface area contributed by atoms with Crippen molar-refractivity contribution in [3.63, 3.8) is 0 Å². The van der Waals surface area contributed by atoms with Crippen molar-refractivity contribution in [3.8, 4) is 0 Å². The van der Waals surface area contributed by atoms with Gasteiger partial charge in [0.1, 0.15) is 11.9 Å². The van der Waals surface area contributed by atoms with Crippen molar-refractivity contribution in [2.24, 2.45) is 0 Å². The molecule has 2 heterocycles.